The summed E-state index contributed by atoms with van der Waals surface area (Å²) in [4.78, 5) is 11.7. The van der Waals surface area contributed by atoms with Crippen LogP contribution in [-0.2, 0) is 4.79 Å². The van der Waals surface area contributed by atoms with E-state index in [0.717, 1.165) is 5.56 Å². The quantitative estimate of drug-likeness (QED) is 0.664. The Balaban J connectivity index is 2.53. The first-order chi connectivity index (χ1) is 7.53. The molecule has 0 bridgehead atoms. The van der Waals surface area contributed by atoms with Gasteiger partial charge in [0.15, 0.2) is 11.4 Å². The Bertz CT molecular complexity index is 521. The molecule has 0 aromatic heterocycles. The number of hydrogen-bond donors (Lipinski definition) is 0. The van der Waals surface area contributed by atoms with Crippen LogP contribution in [0.2, 0.25) is 0 Å². The van der Waals surface area contributed by atoms with E-state index < -0.39 is 5.60 Å². The molecule has 0 aliphatic carbocycles. The molecular weight excluding hydrogens is 202 g/mol. The monoisotopic (exact) mass is 213 g/mol. The molecule has 2 rings (SSSR count). The van der Waals surface area contributed by atoms with Gasteiger partial charge in [-0.25, -0.2) is 0 Å². The molecule has 0 fully saturated rings. The van der Waals surface area contributed by atoms with Crippen LogP contribution in [0.5, 0.6) is 5.75 Å². The summed E-state index contributed by atoms with van der Waals surface area (Å²) >= 11 is 0. The molecule has 1 aromatic rings. The second-order valence-corrected chi connectivity index (χ2v) is 4.17. The molecule has 0 saturated carbocycles. The molecule has 0 unspecified atom stereocenters. The van der Waals surface area contributed by atoms with Crippen LogP contribution < -0.4 is 4.74 Å². The van der Waals surface area contributed by atoms with Crippen LogP contribution in [0.3, 0.4) is 0 Å². The second-order valence-electron chi connectivity index (χ2n) is 4.17. The summed E-state index contributed by atoms with van der Waals surface area (Å²) in [7, 11) is 0. The van der Waals surface area contributed by atoms with Gasteiger partial charge in [-0.2, -0.15) is 5.26 Å². The fraction of sp³-hybridized carbons (Fsp3) is 0.231. The summed E-state index contributed by atoms with van der Waals surface area (Å²) in [5.74, 6) is 0.549. The summed E-state index contributed by atoms with van der Waals surface area (Å²) in [6.07, 6.45) is 3.18. The number of fused-ring (bicyclic) bond motifs is 1. The minimum absolute atomic E-state index is 0.0813. The molecular formula is C13H11NO2. The Morgan fingerprint density at radius 3 is 2.75 bits per heavy atom. The van der Waals surface area contributed by atoms with Crippen molar-refractivity contribution in [2.45, 2.75) is 19.4 Å². The minimum atomic E-state index is -0.851. The molecule has 1 aliphatic rings. The van der Waals surface area contributed by atoms with Gasteiger partial charge in [-0.15, -0.1) is 0 Å². The van der Waals surface area contributed by atoms with Gasteiger partial charge in [-0.1, -0.05) is 0 Å². The fourth-order valence-corrected chi connectivity index (χ4v) is 1.53. The molecule has 1 aromatic carbocycles. The van der Waals surface area contributed by atoms with E-state index in [2.05, 4.69) is 6.07 Å². The van der Waals surface area contributed by atoms with Crippen LogP contribution in [0.4, 0.5) is 0 Å². The Morgan fingerprint density at radius 2 is 2.06 bits per heavy atom. The Hall–Kier alpha value is -2.08. The molecule has 80 valence electrons. The lowest BCUT2D eigenvalue weighted by atomic mass is 10.0. The van der Waals surface area contributed by atoms with E-state index in [1.54, 1.807) is 38.1 Å². The smallest absolute Gasteiger partial charge is 0.198 e. The van der Waals surface area contributed by atoms with E-state index in [1.165, 1.54) is 6.08 Å². The predicted octanol–water partition coefficient (Wildman–Crippen LogP) is 2.31. The van der Waals surface area contributed by atoms with Gasteiger partial charge in [0.05, 0.1) is 11.6 Å². The summed E-state index contributed by atoms with van der Waals surface area (Å²) < 4.78 is 5.63. The summed E-state index contributed by atoms with van der Waals surface area (Å²) in [5.41, 5.74) is 0.466. The number of carbonyl (C=O) groups excluding carboxylic acids is 1. The maximum absolute atomic E-state index is 11.7. The third-order valence-electron chi connectivity index (χ3n) is 2.51. The number of carbonyl (C=O) groups is 1. The van der Waals surface area contributed by atoms with Crippen molar-refractivity contribution in [3.63, 3.8) is 0 Å². The highest BCUT2D eigenvalue weighted by molar-refractivity contribution is 6.00. The average molecular weight is 213 g/mol. The fourth-order valence-electron chi connectivity index (χ4n) is 1.53. The summed E-state index contributed by atoms with van der Waals surface area (Å²) in [6, 6.07) is 7.16. The van der Waals surface area contributed by atoms with Crippen LogP contribution >= 0.6 is 0 Å². The highest BCUT2D eigenvalue weighted by Crippen LogP contribution is 2.29. The van der Waals surface area contributed by atoms with Crippen molar-refractivity contribution in [1.29, 1.82) is 5.26 Å². The number of benzene rings is 1. The molecule has 1 heterocycles. The van der Waals surface area contributed by atoms with Crippen molar-refractivity contribution in [3.8, 4) is 11.8 Å². The summed E-state index contributed by atoms with van der Waals surface area (Å²) in [6.45, 7) is 3.46. The zero-order valence-corrected chi connectivity index (χ0v) is 9.15. The SMILES string of the molecule is CC1(C)Oc2ccc(C#N)cc2C=CC1=O. The lowest BCUT2D eigenvalue weighted by Gasteiger charge is -2.22. The van der Waals surface area contributed by atoms with Gasteiger partial charge in [0.1, 0.15) is 5.75 Å². The first kappa shape index (κ1) is 10.4. The Labute approximate surface area is 94.0 Å². The predicted molar refractivity (Wildman–Crippen MR) is 59.9 cm³/mol. The Morgan fingerprint density at radius 1 is 1.31 bits per heavy atom. The maximum Gasteiger partial charge on any atom is 0.198 e. The van der Waals surface area contributed by atoms with E-state index in [1.807, 2.05) is 0 Å². The molecule has 3 heteroatoms. The minimum Gasteiger partial charge on any atom is -0.479 e. The number of nitrogens with zero attached hydrogens (tertiary/aromatic N) is 1. The van der Waals surface area contributed by atoms with Crippen molar-refractivity contribution in [2.75, 3.05) is 0 Å². The molecule has 16 heavy (non-hydrogen) atoms. The average Bonchev–Trinajstić information content (AvgIpc) is 2.36. The van der Waals surface area contributed by atoms with Crippen LogP contribution in [0.15, 0.2) is 24.3 Å². The van der Waals surface area contributed by atoms with Crippen LogP contribution in [0.1, 0.15) is 25.0 Å². The molecule has 0 spiro atoms. The lowest BCUT2D eigenvalue weighted by molar-refractivity contribution is -0.126. The topological polar surface area (TPSA) is 50.1 Å². The van der Waals surface area contributed by atoms with Crippen molar-refractivity contribution in [1.82, 2.24) is 0 Å². The molecule has 1 aliphatic heterocycles. The third-order valence-corrected chi connectivity index (χ3v) is 2.51. The highest BCUT2D eigenvalue weighted by atomic mass is 16.5. The van der Waals surface area contributed by atoms with E-state index >= 15 is 0 Å². The first-order valence-corrected chi connectivity index (χ1v) is 4.98. The van der Waals surface area contributed by atoms with Gasteiger partial charge in [0.25, 0.3) is 0 Å². The van der Waals surface area contributed by atoms with E-state index in [-0.39, 0.29) is 5.78 Å². The van der Waals surface area contributed by atoms with Crippen LogP contribution in [0.25, 0.3) is 6.08 Å². The normalized spacial score (nSPS) is 16.9. The number of ketones is 1. The van der Waals surface area contributed by atoms with Crippen molar-refractivity contribution in [3.05, 3.63) is 35.4 Å². The van der Waals surface area contributed by atoms with E-state index in [4.69, 9.17) is 10.00 Å². The van der Waals surface area contributed by atoms with Gasteiger partial charge >= 0.3 is 0 Å². The molecule has 0 amide bonds. The Kier molecular flexibility index (Phi) is 2.28. The van der Waals surface area contributed by atoms with Crippen molar-refractivity contribution >= 4 is 11.9 Å². The van der Waals surface area contributed by atoms with E-state index in [0.29, 0.717) is 11.3 Å². The number of ether oxygens (including phenoxy) is 1. The van der Waals surface area contributed by atoms with Crippen molar-refractivity contribution < 1.29 is 9.53 Å². The standard InChI is InChI=1S/C13H11NO2/c1-13(2)12(15)6-4-10-7-9(8-14)3-5-11(10)16-13/h3-7H,1-2H3. The molecule has 0 atom stereocenters. The van der Waals surface area contributed by atoms with Gasteiger partial charge in [-0.05, 0) is 44.2 Å². The molecule has 0 N–H and O–H groups in total. The largest absolute Gasteiger partial charge is 0.479 e. The number of rotatable bonds is 0. The van der Waals surface area contributed by atoms with E-state index in [9.17, 15) is 4.79 Å². The van der Waals surface area contributed by atoms with Gasteiger partial charge in [0, 0.05) is 5.56 Å². The first-order valence-electron chi connectivity index (χ1n) is 4.98. The third kappa shape index (κ3) is 1.70. The second kappa shape index (κ2) is 3.49. The van der Waals surface area contributed by atoms with Gasteiger partial charge < -0.3 is 4.74 Å². The zero-order chi connectivity index (χ0) is 11.8. The number of hydrogen-bond acceptors (Lipinski definition) is 3. The molecule has 0 saturated heterocycles. The summed E-state index contributed by atoms with van der Waals surface area (Å²) in [5, 5.41) is 8.78. The number of nitriles is 1. The van der Waals surface area contributed by atoms with Gasteiger partial charge in [-0.3, -0.25) is 4.79 Å². The molecule has 3 nitrogen and oxygen atoms in total. The lowest BCUT2D eigenvalue weighted by Crippen LogP contribution is -2.36. The zero-order valence-electron chi connectivity index (χ0n) is 9.15. The highest BCUT2D eigenvalue weighted by Gasteiger charge is 2.30. The maximum atomic E-state index is 11.7. The van der Waals surface area contributed by atoms with Crippen LogP contribution in [-0.4, -0.2) is 11.4 Å². The van der Waals surface area contributed by atoms with Crippen molar-refractivity contribution in [2.24, 2.45) is 0 Å². The van der Waals surface area contributed by atoms with Crippen LogP contribution in [0, 0.1) is 11.3 Å². The van der Waals surface area contributed by atoms with Gasteiger partial charge in [0.2, 0.25) is 0 Å². The molecule has 0 radical (unpaired) electrons.